The van der Waals surface area contributed by atoms with Crippen molar-refractivity contribution in [3.05, 3.63) is 71.8 Å². The molecule has 0 aliphatic carbocycles. The van der Waals surface area contributed by atoms with Crippen molar-refractivity contribution in [3.8, 4) is 5.75 Å². The molecule has 5 nitrogen and oxygen atoms in total. The first kappa shape index (κ1) is 14.3. The van der Waals surface area contributed by atoms with Crippen LogP contribution in [0.1, 0.15) is 5.56 Å². The molecule has 0 unspecified atom stereocenters. The Hall–Kier alpha value is -2.66. The summed E-state index contributed by atoms with van der Waals surface area (Å²) in [5, 5.41) is 3.20. The van der Waals surface area contributed by atoms with Gasteiger partial charge in [-0.05, 0) is 41.4 Å². The van der Waals surface area contributed by atoms with Gasteiger partial charge in [-0.15, -0.1) is 0 Å². The number of nitrogens with zero attached hydrogens (tertiary/aromatic N) is 3. The summed E-state index contributed by atoms with van der Waals surface area (Å²) in [6.45, 7) is 0.538. The zero-order valence-corrected chi connectivity index (χ0v) is 12.4. The Labute approximate surface area is 133 Å². The molecule has 0 radical (unpaired) electrons. The lowest BCUT2D eigenvalue weighted by molar-refractivity contribution is 0.306. The predicted molar refractivity (Wildman–Crippen MR) is 85.3 cm³/mol. The second-order valence-electron chi connectivity index (χ2n) is 4.50. The van der Waals surface area contributed by atoms with E-state index >= 15 is 0 Å². The molecule has 22 heavy (non-hydrogen) atoms. The summed E-state index contributed by atoms with van der Waals surface area (Å²) in [6, 6.07) is 17.6. The Morgan fingerprint density at radius 1 is 0.955 bits per heavy atom. The third-order valence-electron chi connectivity index (χ3n) is 2.90. The van der Waals surface area contributed by atoms with Crippen molar-refractivity contribution in [2.45, 2.75) is 6.61 Å². The summed E-state index contributed by atoms with van der Waals surface area (Å²) in [5.74, 6) is 1.20. The number of anilines is 2. The number of benzene rings is 2. The standard InChI is InChI=1S/C16H13ClN4O/c17-15-18-11-19-16(21-15)20-13-6-8-14(9-7-13)22-10-12-4-2-1-3-5-12/h1-9,11H,10H2,(H,18,19,20,21). The first-order chi connectivity index (χ1) is 10.8. The van der Waals surface area contributed by atoms with Crippen LogP contribution in [0, 0.1) is 0 Å². The van der Waals surface area contributed by atoms with Crippen LogP contribution < -0.4 is 10.1 Å². The van der Waals surface area contributed by atoms with Crippen LogP contribution in [0.5, 0.6) is 5.75 Å². The lowest BCUT2D eigenvalue weighted by Gasteiger charge is -2.08. The summed E-state index contributed by atoms with van der Waals surface area (Å²) in [4.78, 5) is 11.7. The minimum Gasteiger partial charge on any atom is -0.489 e. The van der Waals surface area contributed by atoms with Crippen molar-refractivity contribution >= 4 is 23.2 Å². The zero-order chi connectivity index (χ0) is 15.2. The van der Waals surface area contributed by atoms with Crippen LogP contribution in [-0.4, -0.2) is 15.0 Å². The molecule has 0 saturated carbocycles. The Morgan fingerprint density at radius 3 is 2.45 bits per heavy atom. The molecule has 0 aliphatic rings. The molecule has 0 saturated heterocycles. The lowest BCUT2D eigenvalue weighted by Crippen LogP contribution is -1.98. The molecule has 1 heterocycles. The smallest absolute Gasteiger partial charge is 0.231 e. The number of ether oxygens (including phenoxy) is 1. The van der Waals surface area contributed by atoms with E-state index < -0.39 is 0 Å². The van der Waals surface area contributed by atoms with Crippen molar-refractivity contribution in [2.75, 3.05) is 5.32 Å². The van der Waals surface area contributed by atoms with E-state index in [1.807, 2.05) is 54.6 Å². The van der Waals surface area contributed by atoms with Gasteiger partial charge in [0.15, 0.2) is 0 Å². The predicted octanol–water partition coefficient (Wildman–Crippen LogP) is 3.85. The van der Waals surface area contributed by atoms with Gasteiger partial charge in [-0.2, -0.15) is 4.98 Å². The summed E-state index contributed by atoms with van der Waals surface area (Å²) in [6.07, 6.45) is 1.36. The number of aromatic nitrogens is 3. The van der Waals surface area contributed by atoms with Crippen molar-refractivity contribution < 1.29 is 4.74 Å². The molecule has 3 aromatic rings. The van der Waals surface area contributed by atoms with Crippen LogP contribution in [0.25, 0.3) is 0 Å². The van der Waals surface area contributed by atoms with Gasteiger partial charge in [0.1, 0.15) is 18.7 Å². The molecule has 0 spiro atoms. The normalized spacial score (nSPS) is 10.2. The average molecular weight is 313 g/mol. The molecule has 0 bridgehead atoms. The topological polar surface area (TPSA) is 59.9 Å². The van der Waals surface area contributed by atoms with E-state index in [1.54, 1.807) is 0 Å². The maximum Gasteiger partial charge on any atom is 0.231 e. The highest BCUT2D eigenvalue weighted by Gasteiger charge is 2.00. The first-order valence-electron chi connectivity index (χ1n) is 6.68. The molecule has 6 heteroatoms. The Morgan fingerprint density at radius 2 is 1.73 bits per heavy atom. The van der Waals surface area contributed by atoms with Crippen LogP contribution >= 0.6 is 11.6 Å². The number of nitrogens with one attached hydrogen (secondary N) is 1. The SMILES string of the molecule is Clc1ncnc(Nc2ccc(OCc3ccccc3)cc2)n1. The summed E-state index contributed by atoms with van der Waals surface area (Å²) < 4.78 is 5.73. The minimum atomic E-state index is 0.153. The van der Waals surface area contributed by atoms with E-state index in [2.05, 4.69) is 20.3 Å². The highest BCUT2D eigenvalue weighted by atomic mass is 35.5. The second kappa shape index (κ2) is 6.87. The van der Waals surface area contributed by atoms with Crippen molar-refractivity contribution in [2.24, 2.45) is 0 Å². The van der Waals surface area contributed by atoms with Crippen molar-refractivity contribution in [1.29, 1.82) is 0 Å². The zero-order valence-electron chi connectivity index (χ0n) is 11.6. The molecule has 110 valence electrons. The van der Waals surface area contributed by atoms with Gasteiger partial charge in [-0.25, -0.2) is 9.97 Å². The maximum absolute atomic E-state index is 5.73. The average Bonchev–Trinajstić information content (AvgIpc) is 2.55. The third kappa shape index (κ3) is 3.93. The van der Waals surface area contributed by atoms with Gasteiger partial charge in [-0.1, -0.05) is 30.3 Å². The molecule has 0 aliphatic heterocycles. The molecule has 0 fully saturated rings. The Kier molecular flexibility index (Phi) is 4.46. The molecular weight excluding hydrogens is 300 g/mol. The molecule has 1 N–H and O–H groups in total. The number of hydrogen-bond acceptors (Lipinski definition) is 5. The van der Waals surface area contributed by atoms with Crippen LogP contribution in [0.15, 0.2) is 60.9 Å². The van der Waals surface area contributed by atoms with E-state index in [0.717, 1.165) is 17.0 Å². The summed E-state index contributed by atoms with van der Waals surface area (Å²) in [7, 11) is 0. The van der Waals surface area contributed by atoms with Gasteiger partial charge < -0.3 is 10.1 Å². The van der Waals surface area contributed by atoms with Gasteiger partial charge in [0.05, 0.1) is 0 Å². The lowest BCUT2D eigenvalue weighted by atomic mass is 10.2. The Bertz CT molecular complexity index is 735. The molecule has 0 atom stereocenters. The fraction of sp³-hybridized carbons (Fsp3) is 0.0625. The Balaban J connectivity index is 1.60. The third-order valence-corrected chi connectivity index (χ3v) is 3.08. The van der Waals surface area contributed by atoms with E-state index in [0.29, 0.717) is 12.6 Å². The largest absolute Gasteiger partial charge is 0.489 e. The van der Waals surface area contributed by atoms with Crippen LogP contribution in [-0.2, 0) is 6.61 Å². The molecule has 2 aromatic carbocycles. The number of halogens is 1. The van der Waals surface area contributed by atoms with Crippen molar-refractivity contribution in [1.82, 2.24) is 15.0 Å². The van der Waals surface area contributed by atoms with E-state index in [4.69, 9.17) is 16.3 Å². The quantitative estimate of drug-likeness (QED) is 0.775. The number of rotatable bonds is 5. The first-order valence-corrected chi connectivity index (χ1v) is 7.06. The maximum atomic E-state index is 5.73. The van der Waals surface area contributed by atoms with Crippen LogP contribution in [0.2, 0.25) is 5.28 Å². The van der Waals surface area contributed by atoms with Gasteiger partial charge in [-0.3, -0.25) is 0 Å². The minimum absolute atomic E-state index is 0.153. The van der Waals surface area contributed by atoms with Crippen molar-refractivity contribution in [3.63, 3.8) is 0 Å². The van der Waals surface area contributed by atoms with E-state index in [1.165, 1.54) is 6.33 Å². The van der Waals surface area contributed by atoms with Gasteiger partial charge in [0, 0.05) is 5.69 Å². The summed E-state index contributed by atoms with van der Waals surface area (Å²) >= 11 is 5.71. The highest BCUT2D eigenvalue weighted by Crippen LogP contribution is 2.19. The monoisotopic (exact) mass is 312 g/mol. The fourth-order valence-corrected chi connectivity index (χ4v) is 1.96. The second-order valence-corrected chi connectivity index (χ2v) is 4.84. The highest BCUT2D eigenvalue weighted by molar-refractivity contribution is 6.28. The van der Waals surface area contributed by atoms with E-state index in [9.17, 15) is 0 Å². The number of hydrogen-bond donors (Lipinski definition) is 1. The summed E-state index contributed by atoms with van der Waals surface area (Å²) in [5.41, 5.74) is 1.97. The fourth-order valence-electron chi connectivity index (χ4n) is 1.84. The molecule has 1 aromatic heterocycles. The van der Waals surface area contributed by atoms with Crippen LogP contribution in [0.4, 0.5) is 11.6 Å². The molecular formula is C16H13ClN4O. The van der Waals surface area contributed by atoms with Gasteiger partial charge >= 0.3 is 0 Å². The van der Waals surface area contributed by atoms with E-state index in [-0.39, 0.29) is 5.28 Å². The van der Waals surface area contributed by atoms with Crippen LogP contribution in [0.3, 0.4) is 0 Å². The molecule has 0 amide bonds. The van der Waals surface area contributed by atoms with Gasteiger partial charge in [0.2, 0.25) is 11.2 Å². The molecule has 3 rings (SSSR count). The van der Waals surface area contributed by atoms with Gasteiger partial charge in [0.25, 0.3) is 0 Å².